The lowest BCUT2D eigenvalue weighted by atomic mass is 10.0. The van der Waals surface area contributed by atoms with E-state index in [1.165, 1.54) is 6.07 Å². The van der Waals surface area contributed by atoms with Crippen LogP contribution in [0.5, 0.6) is 0 Å². The normalized spacial score (nSPS) is 10.4. The number of benzene rings is 1. The Labute approximate surface area is 129 Å². The highest BCUT2D eigenvalue weighted by Gasteiger charge is 2.20. The Morgan fingerprint density at radius 3 is 2.57 bits per heavy atom. The van der Waals surface area contributed by atoms with Crippen LogP contribution in [-0.2, 0) is 6.54 Å². The van der Waals surface area contributed by atoms with Crippen LogP contribution in [0, 0.1) is 38.9 Å². The summed E-state index contributed by atoms with van der Waals surface area (Å²) >= 11 is 5.05. The molecule has 21 heavy (non-hydrogen) atoms. The minimum absolute atomic E-state index is 0.200. The first-order chi connectivity index (χ1) is 9.86. The molecule has 0 aliphatic carbocycles. The maximum Gasteiger partial charge on any atom is 0.132 e. The second kappa shape index (κ2) is 5.66. The summed E-state index contributed by atoms with van der Waals surface area (Å²) in [6, 6.07) is 3.29. The summed E-state index contributed by atoms with van der Waals surface area (Å²) in [6.07, 6.45) is 5.33. The van der Waals surface area contributed by atoms with Gasteiger partial charge in [-0.3, -0.25) is 0 Å². The summed E-state index contributed by atoms with van der Waals surface area (Å²) in [4.78, 5) is 0.200. The molecule has 0 saturated carbocycles. The molecule has 0 radical (unpaired) electrons. The molecule has 0 fully saturated rings. The van der Waals surface area contributed by atoms with E-state index >= 15 is 0 Å². The third-order valence-electron chi connectivity index (χ3n) is 3.50. The van der Waals surface area contributed by atoms with Gasteiger partial charge in [-0.1, -0.05) is 18.1 Å². The van der Waals surface area contributed by atoms with Crippen molar-refractivity contribution in [1.82, 2.24) is 9.78 Å². The van der Waals surface area contributed by atoms with Gasteiger partial charge in [-0.25, -0.2) is 9.07 Å². The number of hydrogen-bond acceptors (Lipinski definition) is 2. The van der Waals surface area contributed by atoms with Gasteiger partial charge in [-0.2, -0.15) is 5.10 Å². The van der Waals surface area contributed by atoms with Crippen molar-refractivity contribution >= 4 is 17.2 Å². The fourth-order valence-electron chi connectivity index (χ4n) is 2.28. The first-order valence-corrected chi connectivity index (χ1v) is 6.85. The summed E-state index contributed by atoms with van der Waals surface area (Å²) in [5.41, 5.74) is 9.90. The molecule has 2 rings (SSSR count). The number of nitrogens with two attached hydrogens (primary N) is 1. The van der Waals surface area contributed by atoms with E-state index in [4.69, 9.17) is 24.4 Å². The van der Waals surface area contributed by atoms with Gasteiger partial charge in [0.1, 0.15) is 17.4 Å². The van der Waals surface area contributed by atoms with E-state index in [0.717, 1.165) is 16.7 Å². The quantitative estimate of drug-likeness (QED) is 0.700. The lowest BCUT2D eigenvalue weighted by Gasteiger charge is -2.06. The zero-order chi connectivity index (χ0) is 15.7. The summed E-state index contributed by atoms with van der Waals surface area (Å²) in [6.45, 7) is 5.85. The highest BCUT2D eigenvalue weighted by atomic mass is 32.1. The Hall–Kier alpha value is -2.19. The Balaban J connectivity index is 2.71. The largest absolute Gasteiger partial charge is 0.388 e. The van der Waals surface area contributed by atoms with Crippen LogP contribution < -0.4 is 5.73 Å². The molecule has 2 N–H and O–H groups in total. The topological polar surface area (TPSA) is 43.8 Å². The molecular formula is C16H16FN3S. The van der Waals surface area contributed by atoms with Crippen LogP contribution in [0.15, 0.2) is 12.1 Å². The second-order valence-corrected chi connectivity index (χ2v) is 5.40. The van der Waals surface area contributed by atoms with Gasteiger partial charge >= 0.3 is 0 Å². The molecule has 108 valence electrons. The Morgan fingerprint density at radius 1 is 1.38 bits per heavy atom. The summed E-state index contributed by atoms with van der Waals surface area (Å²) < 4.78 is 15.8. The monoisotopic (exact) mass is 301 g/mol. The number of thiocarbonyl (C=S) groups is 1. The molecule has 3 nitrogen and oxygen atoms in total. The van der Waals surface area contributed by atoms with E-state index in [1.54, 1.807) is 10.7 Å². The molecule has 0 spiro atoms. The van der Waals surface area contributed by atoms with Crippen molar-refractivity contribution in [3.8, 4) is 23.6 Å². The zero-order valence-electron chi connectivity index (χ0n) is 12.2. The molecule has 0 aliphatic rings. The highest BCUT2D eigenvalue weighted by Crippen LogP contribution is 2.29. The number of rotatable bonds is 3. The average Bonchev–Trinajstić information content (AvgIpc) is 2.71. The Bertz CT molecular complexity index is 769. The van der Waals surface area contributed by atoms with Crippen molar-refractivity contribution in [2.24, 2.45) is 5.73 Å². The molecule has 0 bridgehead atoms. The molecule has 0 atom stereocenters. The third-order valence-corrected chi connectivity index (χ3v) is 3.70. The van der Waals surface area contributed by atoms with Crippen molar-refractivity contribution < 1.29 is 4.39 Å². The maximum absolute atomic E-state index is 14.3. The molecule has 0 amide bonds. The fraction of sp³-hybridized carbons (Fsp3) is 0.250. The van der Waals surface area contributed by atoms with E-state index < -0.39 is 0 Å². The standard InChI is InChI=1S/C16H16FN3S/c1-5-6-20-15(16(18)21)11(4)14(19-20)12-7-9(2)10(3)8-13(12)17/h1,7-8H,6H2,2-4H3,(H2,18,21). The summed E-state index contributed by atoms with van der Waals surface area (Å²) in [5.74, 6) is 2.18. The SMILES string of the molecule is C#CCn1nc(-c2cc(C)c(C)cc2F)c(C)c1C(N)=S. The zero-order valence-corrected chi connectivity index (χ0v) is 13.0. The number of aromatic nitrogens is 2. The molecule has 5 heteroatoms. The van der Waals surface area contributed by atoms with Crippen molar-refractivity contribution in [3.05, 3.63) is 40.3 Å². The van der Waals surface area contributed by atoms with Crippen LogP contribution in [0.1, 0.15) is 22.4 Å². The molecule has 1 aromatic carbocycles. The average molecular weight is 301 g/mol. The van der Waals surface area contributed by atoms with Crippen molar-refractivity contribution in [1.29, 1.82) is 0 Å². The highest BCUT2D eigenvalue weighted by molar-refractivity contribution is 7.80. The lowest BCUT2D eigenvalue weighted by molar-refractivity contribution is 0.627. The molecule has 1 heterocycles. The van der Waals surface area contributed by atoms with E-state index in [0.29, 0.717) is 17.0 Å². The van der Waals surface area contributed by atoms with Gasteiger partial charge in [-0.15, -0.1) is 6.42 Å². The van der Waals surface area contributed by atoms with Crippen LogP contribution in [0.25, 0.3) is 11.3 Å². The number of terminal acetylenes is 1. The molecule has 0 saturated heterocycles. The van der Waals surface area contributed by atoms with Crippen LogP contribution in [-0.4, -0.2) is 14.8 Å². The van der Waals surface area contributed by atoms with E-state index in [2.05, 4.69) is 11.0 Å². The molecule has 2 aromatic rings. The smallest absolute Gasteiger partial charge is 0.132 e. The molecule has 1 aromatic heterocycles. The van der Waals surface area contributed by atoms with E-state index in [-0.39, 0.29) is 17.4 Å². The first kappa shape index (κ1) is 15.2. The molecule has 0 aliphatic heterocycles. The third kappa shape index (κ3) is 2.67. The summed E-state index contributed by atoms with van der Waals surface area (Å²) in [7, 11) is 0. The van der Waals surface area contributed by atoms with Gasteiger partial charge in [0.2, 0.25) is 0 Å². The van der Waals surface area contributed by atoms with Crippen LogP contribution in [0.4, 0.5) is 4.39 Å². The minimum Gasteiger partial charge on any atom is -0.388 e. The molecule has 0 unspecified atom stereocenters. The predicted molar refractivity (Wildman–Crippen MR) is 86.6 cm³/mol. The van der Waals surface area contributed by atoms with Gasteiger partial charge in [0.05, 0.1) is 11.4 Å². The van der Waals surface area contributed by atoms with Crippen molar-refractivity contribution in [2.75, 3.05) is 0 Å². The second-order valence-electron chi connectivity index (χ2n) is 4.96. The van der Waals surface area contributed by atoms with E-state index in [1.807, 2.05) is 20.8 Å². The fourth-order valence-corrected chi connectivity index (χ4v) is 2.54. The van der Waals surface area contributed by atoms with Gasteiger partial charge in [0.15, 0.2) is 0 Å². The van der Waals surface area contributed by atoms with Crippen molar-refractivity contribution in [2.45, 2.75) is 27.3 Å². The molecular weight excluding hydrogens is 285 g/mol. The Kier molecular flexibility index (Phi) is 4.10. The van der Waals surface area contributed by atoms with Crippen LogP contribution in [0.2, 0.25) is 0 Å². The van der Waals surface area contributed by atoms with Crippen LogP contribution >= 0.6 is 12.2 Å². The Morgan fingerprint density at radius 2 is 2.00 bits per heavy atom. The van der Waals surface area contributed by atoms with Crippen molar-refractivity contribution in [3.63, 3.8) is 0 Å². The minimum atomic E-state index is -0.318. The van der Waals surface area contributed by atoms with Gasteiger partial charge in [0.25, 0.3) is 0 Å². The first-order valence-electron chi connectivity index (χ1n) is 6.44. The van der Waals surface area contributed by atoms with Gasteiger partial charge in [-0.05, 0) is 44.0 Å². The number of nitrogens with zero attached hydrogens (tertiary/aromatic N) is 2. The van der Waals surface area contributed by atoms with E-state index in [9.17, 15) is 4.39 Å². The number of halogens is 1. The van der Waals surface area contributed by atoms with Crippen LogP contribution in [0.3, 0.4) is 0 Å². The number of hydrogen-bond donors (Lipinski definition) is 1. The predicted octanol–water partition coefficient (Wildman–Crippen LogP) is 2.88. The summed E-state index contributed by atoms with van der Waals surface area (Å²) in [5, 5.41) is 4.39. The maximum atomic E-state index is 14.3. The number of aryl methyl sites for hydroxylation is 2. The lowest BCUT2D eigenvalue weighted by Crippen LogP contribution is -2.17. The van der Waals surface area contributed by atoms with Gasteiger partial charge < -0.3 is 5.73 Å². The van der Waals surface area contributed by atoms with Gasteiger partial charge in [0, 0.05) is 11.1 Å².